The molecule has 3 unspecified atom stereocenters. The van der Waals surface area contributed by atoms with Crippen LogP contribution in [0.3, 0.4) is 0 Å². The molecule has 1 aromatic carbocycles. The van der Waals surface area contributed by atoms with Crippen LogP contribution >= 0.6 is 8.03 Å². The van der Waals surface area contributed by atoms with Crippen LogP contribution in [0.1, 0.15) is 24.8 Å². The molecular weight excluding hydrogens is 307 g/mol. The first kappa shape index (κ1) is 18.1. The summed E-state index contributed by atoms with van der Waals surface area (Å²) in [5, 5.41) is 17.8. The number of allylic oxidation sites excluding steroid dienone is 1. The molecular formula is C15H19O6P. The molecule has 22 heavy (non-hydrogen) atoms. The number of hydrogen-bond acceptors (Lipinski definition) is 3. The highest BCUT2D eigenvalue weighted by molar-refractivity contribution is 7.39. The summed E-state index contributed by atoms with van der Waals surface area (Å²) in [6.45, 7) is 0. The largest absolute Gasteiger partial charge is 0.481 e. The van der Waals surface area contributed by atoms with Crippen molar-refractivity contribution in [3.8, 4) is 0 Å². The van der Waals surface area contributed by atoms with Gasteiger partial charge in [0.05, 0.1) is 11.6 Å². The van der Waals surface area contributed by atoms with Crippen LogP contribution in [-0.2, 0) is 14.2 Å². The summed E-state index contributed by atoms with van der Waals surface area (Å²) in [5.41, 5.74) is -0.0712. The lowest BCUT2D eigenvalue weighted by Gasteiger charge is -2.19. The van der Waals surface area contributed by atoms with Crippen LogP contribution in [-0.4, -0.2) is 32.7 Å². The third kappa shape index (κ3) is 6.24. The van der Waals surface area contributed by atoms with Crippen molar-refractivity contribution in [3.63, 3.8) is 0 Å². The maximum absolute atomic E-state index is 11.5. The number of benzene rings is 1. The van der Waals surface area contributed by atoms with Gasteiger partial charge >= 0.3 is 11.9 Å². The predicted octanol–water partition coefficient (Wildman–Crippen LogP) is 2.49. The van der Waals surface area contributed by atoms with E-state index in [2.05, 4.69) is 0 Å². The molecule has 0 saturated carbocycles. The first-order valence-electron chi connectivity index (χ1n) is 6.80. The first-order valence-corrected chi connectivity index (χ1v) is 8.24. The Balaban J connectivity index is 2.77. The number of carbonyl (C=O) groups is 2. The molecule has 0 saturated heterocycles. The van der Waals surface area contributed by atoms with E-state index >= 15 is 0 Å². The van der Waals surface area contributed by atoms with Crippen LogP contribution in [0, 0.1) is 5.92 Å². The van der Waals surface area contributed by atoms with Crippen molar-refractivity contribution in [2.45, 2.75) is 24.9 Å². The second-order valence-electron chi connectivity index (χ2n) is 4.87. The van der Waals surface area contributed by atoms with Crippen molar-refractivity contribution in [1.29, 1.82) is 0 Å². The van der Waals surface area contributed by atoms with Crippen molar-refractivity contribution < 1.29 is 29.3 Å². The summed E-state index contributed by atoms with van der Waals surface area (Å²) >= 11 is 0. The predicted molar refractivity (Wildman–Crippen MR) is 83.1 cm³/mol. The highest BCUT2D eigenvalue weighted by Gasteiger charge is 2.31. The van der Waals surface area contributed by atoms with Crippen LogP contribution in [0.4, 0.5) is 0 Å². The van der Waals surface area contributed by atoms with E-state index in [9.17, 15) is 24.2 Å². The minimum absolute atomic E-state index is 0.111. The lowest BCUT2D eigenvalue weighted by molar-refractivity contribution is -0.143. The standard InChI is InChI=1S/C15H19O6P/c16-14(17)10-9-12(15(18)19)13(22(20)21)8-4-7-11-5-2-1-3-6-11/h1-7,12-13,22H,8-10H2,(H,16,17)(H,18,19)(H,20,21). The fourth-order valence-corrected chi connectivity index (χ4v) is 3.12. The van der Waals surface area contributed by atoms with E-state index in [1.54, 1.807) is 12.2 Å². The summed E-state index contributed by atoms with van der Waals surface area (Å²) in [6.07, 6.45) is 3.00. The fourth-order valence-electron chi connectivity index (χ4n) is 2.13. The minimum Gasteiger partial charge on any atom is -0.481 e. The lowest BCUT2D eigenvalue weighted by Crippen LogP contribution is -2.26. The number of aliphatic carboxylic acids is 2. The van der Waals surface area contributed by atoms with E-state index in [0.717, 1.165) is 5.56 Å². The molecule has 3 atom stereocenters. The van der Waals surface area contributed by atoms with E-state index in [0.29, 0.717) is 0 Å². The van der Waals surface area contributed by atoms with Gasteiger partial charge in [0.25, 0.3) is 0 Å². The van der Waals surface area contributed by atoms with Gasteiger partial charge in [0, 0.05) is 6.42 Å². The summed E-state index contributed by atoms with van der Waals surface area (Å²) in [7, 11) is -3.09. The quantitative estimate of drug-likeness (QED) is 0.601. The smallest absolute Gasteiger partial charge is 0.307 e. The average Bonchev–Trinajstić information content (AvgIpc) is 2.45. The van der Waals surface area contributed by atoms with Crippen molar-refractivity contribution >= 4 is 26.0 Å². The van der Waals surface area contributed by atoms with Crippen LogP contribution in [0.5, 0.6) is 0 Å². The van der Waals surface area contributed by atoms with Gasteiger partial charge in [-0.2, -0.15) is 0 Å². The number of carboxylic acid groups (broad SMARTS) is 2. The molecule has 0 aliphatic heterocycles. The summed E-state index contributed by atoms with van der Waals surface area (Å²) in [5.74, 6) is -3.51. The normalized spacial score (nSPS) is 15.3. The molecule has 1 aromatic rings. The van der Waals surface area contributed by atoms with Gasteiger partial charge in [-0.1, -0.05) is 42.5 Å². The molecule has 0 radical (unpaired) electrons. The average molecular weight is 326 g/mol. The molecule has 0 heterocycles. The molecule has 0 aliphatic carbocycles. The highest BCUT2D eigenvalue weighted by atomic mass is 31.1. The molecule has 0 bridgehead atoms. The van der Waals surface area contributed by atoms with Gasteiger partial charge in [-0.3, -0.25) is 14.2 Å². The van der Waals surface area contributed by atoms with Crippen LogP contribution in [0.2, 0.25) is 0 Å². The lowest BCUT2D eigenvalue weighted by atomic mass is 9.96. The van der Waals surface area contributed by atoms with Crippen molar-refractivity contribution in [3.05, 3.63) is 42.0 Å². The Morgan fingerprint density at radius 2 is 1.82 bits per heavy atom. The molecule has 3 N–H and O–H groups in total. The molecule has 7 heteroatoms. The van der Waals surface area contributed by atoms with E-state index in [1.165, 1.54) is 0 Å². The van der Waals surface area contributed by atoms with Gasteiger partial charge in [0.15, 0.2) is 8.03 Å². The maximum atomic E-state index is 11.5. The molecule has 0 aliphatic rings. The molecule has 0 amide bonds. The van der Waals surface area contributed by atoms with Crippen molar-refractivity contribution in [2.24, 2.45) is 5.92 Å². The molecule has 0 aromatic heterocycles. The third-order valence-electron chi connectivity index (χ3n) is 3.29. The van der Waals surface area contributed by atoms with Crippen molar-refractivity contribution in [1.82, 2.24) is 0 Å². The number of carboxylic acids is 2. The molecule has 0 fully saturated rings. The summed E-state index contributed by atoms with van der Waals surface area (Å²) < 4.78 is 11.5. The Morgan fingerprint density at radius 3 is 2.32 bits per heavy atom. The van der Waals surface area contributed by atoms with Gasteiger partial charge in [0.1, 0.15) is 0 Å². The van der Waals surface area contributed by atoms with E-state index in [4.69, 9.17) is 5.11 Å². The van der Waals surface area contributed by atoms with Crippen LogP contribution in [0.15, 0.2) is 36.4 Å². The molecule has 1 rings (SSSR count). The second-order valence-corrected chi connectivity index (χ2v) is 6.29. The van der Waals surface area contributed by atoms with Crippen LogP contribution < -0.4 is 0 Å². The van der Waals surface area contributed by atoms with Gasteiger partial charge in [0.2, 0.25) is 0 Å². The summed E-state index contributed by atoms with van der Waals surface area (Å²) in [4.78, 5) is 31.2. The zero-order valence-electron chi connectivity index (χ0n) is 11.9. The van der Waals surface area contributed by atoms with Crippen LogP contribution in [0.25, 0.3) is 6.08 Å². The molecule has 120 valence electrons. The van der Waals surface area contributed by atoms with E-state index in [1.807, 2.05) is 30.3 Å². The minimum atomic E-state index is -3.09. The van der Waals surface area contributed by atoms with E-state index in [-0.39, 0.29) is 19.3 Å². The summed E-state index contributed by atoms with van der Waals surface area (Å²) in [6, 6.07) is 9.26. The molecule has 6 nitrogen and oxygen atoms in total. The first-order chi connectivity index (χ1) is 10.4. The van der Waals surface area contributed by atoms with Crippen molar-refractivity contribution in [2.75, 3.05) is 0 Å². The Bertz CT molecular complexity index is 554. The van der Waals surface area contributed by atoms with Gasteiger partial charge in [-0.25, -0.2) is 0 Å². The molecule has 0 spiro atoms. The third-order valence-corrected chi connectivity index (χ3v) is 4.56. The topological polar surface area (TPSA) is 112 Å². The number of hydrogen-bond donors (Lipinski definition) is 3. The van der Waals surface area contributed by atoms with Gasteiger partial charge in [-0.15, -0.1) is 0 Å². The Hall–Kier alpha value is -1.91. The van der Waals surface area contributed by atoms with E-state index < -0.39 is 31.5 Å². The number of rotatable bonds is 9. The Labute approximate surface area is 129 Å². The van der Waals surface area contributed by atoms with Gasteiger partial charge in [-0.05, 0) is 18.4 Å². The van der Waals surface area contributed by atoms with Gasteiger partial charge < -0.3 is 15.1 Å². The zero-order chi connectivity index (χ0) is 16.5. The SMILES string of the molecule is O=C(O)CCC(C(=O)O)C(CC=Cc1ccccc1)[PH](=O)O. The fraction of sp³-hybridized carbons (Fsp3) is 0.333. The second kappa shape index (κ2) is 9.18. The Morgan fingerprint density at radius 1 is 1.18 bits per heavy atom. The Kier molecular flexibility index (Phi) is 7.57. The zero-order valence-corrected chi connectivity index (χ0v) is 12.9. The monoisotopic (exact) mass is 326 g/mol. The highest BCUT2D eigenvalue weighted by Crippen LogP contribution is 2.35. The maximum Gasteiger partial charge on any atom is 0.307 e.